The Kier molecular flexibility index (Phi) is 6.70. The van der Waals surface area contributed by atoms with Crippen molar-refractivity contribution in [1.82, 2.24) is 0 Å². The van der Waals surface area contributed by atoms with E-state index in [9.17, 15) is 5.26 Å². The smallest absolute Gasteiger partial charge is 0.146 e. The SMILES string of the molecule is N#C/C(=C/c1cc(I)c(OCc2ccccc2)c(I)c1)c1cccc2ccccc12. The Labute approximate surface area is 203 Å². The fourth-order valence-corrected chi connectivity index (χ4v) is 5.46. The van der Waals surface area contributed by atoms with Crippen LogP contribution in [0.2, 0.25) is 0 Å². The van der Waals surface area contributed by atoms with Crippen LogP contribution in [0.15, 0.2) is 84.9 Å². The summed E-state index contributed by atoms with van der Waals surface area (Å²) in [5.74, 6) is 0.876. The summed E-state index contributed by atoms with van der Waals surface area (Å²) in [6.07, 6.45) is 1.95. The largest absolute Gasteiger partial charge is 0.487 e. The highest BCUT2D eigenvalue weighted by Crippen LogP contribution is 2.32. The number of rotatable bonds is 5. The van der Waals surface area contributed by atoms with Gasteiger partial charge in [-0.3, -0.25) is 0 Å². The monoisotopic (exact) mass is 613 g/mol. The van der Waals surface area contributed by atoms with E-state index in [0.717, 1.165) is 40.4 Å². The van der Waals surface area contributed by atoms with Gasteiger partial charge >= 0.3 is 0 Å². The van der Waals surface area contributed by atoms with Crippen molar-refractivity contribution in [2.45, 2.75) is 6.61 Å². The lowest BCUT2D eigenvalue weighted by molar-refractivity contribution is 0.302. The molecular weight excluding hydrogens is 596 g/mol. The van der Waals surface area contributed by atoms with E-state index < -0.39 is 0 Å². The minimum absolute atomic E-state index is 0.529. The van der Waals surface area contributed by atoms with Crippen molar-refractivity contribution in [3.63, 3.8) is 0 Å². The van der Waals surface area contributed by atoms with Crippen molar-refractivity contribution in [1.29, 1.82) is 5.26 Å². The van der Waals surface area contributed by atoms with E-state index in [-0.39, 0.29) is 0 Å². The number of allylic oxidation sites excluding steroid dienone is 1. The predicted molar refractivity (Wildman–Crippen MR) is 140 cm³/mol. The number of nitrogens with zero attached hydrogens (tertiary/aromatic N) is 1. The maximum absolute atomic E-state index is 9.86. The van der Waals surface area contributed by atoms with Gasteiger partial charge in [-0.25, -0.2) is 0 Å². The van der Waals surface area contributed by atoms with E-state index >= 15 is 0 Å². The molecule has 0 aliphatic heterocycles. The summed E-state index contributed by atoms with van der Waals surface area (Å²) in [6, 6.07) is 30.9. The molecule has 0 bridgehead atoms. The van der Waals surface area contributed by atoms with E-state index in [0.29, 0.717) is 12.2 Å². The average Bonchev–Trinajstić information content (AvgIpc) is 2.77. The Morgan fingerprint density at radius 1 is 0.867 bits per heavy atom. The maximum atomic E-state index is 9.86. The van der Waals surface area contributed by atoms with Gasteiger partial charge in [-0.1, -0.05) is 72.8 Å². The van der Waals surface area contributed by atoms with Crippen LogP contribution in [0.1, 0.15) is 16.7 Å². The molecule has 0 unspecified atom stereocenters. The molecule has 0 radical (unpaired) electrons. The van der Waals surface area contributed by atoms with Crippen molar-refractivity contribution < 1.29 is 4.74 Å². The standard InChI is InChI=1S/C26H17I2NO/c27-24-14-19(15-25(28)26(24)30-17-18-7-2-1-3-8-18)13-21(16-29)23-12-6-10-20-9-4-5-11-22(20)23/h1-15H,17H2/b21-13-. The van der Waals surface area contributed by atoms with Gasteiger partial charge in [-0.15, -0.1) is 0 Å². The fraction of sp³-hybridized carbons (Fsp3) is 0.0385. The molecule has 0 N–H and O–H groups in total. The van der Waals surface area contributed by atoms with Crippen molar-refractivity contribution in [2.24, 2.45) is 0 Å². The van der Waals surface area contributed by atoms with Gasteiger partial charge < -0.3 is 4.74 Å². The minimum Gasteiger partial charge on any atom is -0.487 e. The third-order valence-corrected chi connectivity index (χ3v) is 6.36. The second kappa shape index (κ2) is 9.63. The highest BCUT2D eigenvalue weighted by molar-refractivity contribution is 14.1. The van der Waals surface area contributed by atoms with Crippen LogP contribution in [-0.4, -0.2) is 0 Å². The number of hydrogen-bond donors (Lipinski definition) is 0. The summed E-state index contributed by atoms with van der Waals surface area (Å²) >= 11 is 4.60. The third-order valence-electron chi connectivity index (χ3n) is 4.76. The van der Waals surface area contributed by atoms with Crippen LogP contribution < -0.4 is 4.74 Å². The van der Waals surface area contributed by atoms with Crippen LogP contribution in [0.5, 0.6) is 5.75 Å². The number of benzene rings is 4. The number of ether oxygens (including phenoxy) is 1. The minimum atomic E-state index is 0.529. The van der Waals surface area contributed by atoms with Crippen molar-refractivity contribution in [2.75, 3.05) is 0 Å². The average molecular weight is 613 g/mol. The molecule has 0 saturated carbocycles. The molecule has 4 aromatic rings. The van der Waals surface area contributed by atoms with Gasteiger partial charge in [0.15, 0.2) is 0 Å². The molecule has 0 heterocycles. The Bertz CT molecular complexity index is 1240. The zero-order valence-electron chi connectivity index (χ0n) is 16.0. The van der Waals surface area contributed by atoms with E-state index in [1.54, 1.807) is 0 Å². The van der Waals surface area contributed by atoms with Crippen LogP contribution in [0.4, 0.5) is 0 Å². The molecule has 30 heavy (non-hydrogen) atoms. The lowest BCUT2D eigenvalue weighted by Crippen LogP contribution is -1.99. The maximum Gasteiger partial charge on any atom is 0.146 e. The quantitative estimate of drug-likeness (QED) is 0.131. The lowest BCUT2D eigenvalue weighted by Gasteiger charge is -2.12. The highest BCUT2D eigenvalue weighted by Gasteiger charge is 2.11. The molecule has 2 nitrogen and oxygen atoms in total. The summed E-state index contributed by atoms with van der Waals surface area (Å²) in [4.78, 5) is 0. The molecular formula is C26H17I2NO. The van der Waals surface area contributed by atoms with Gasteiger partial charge in [0.05, 0.1) is 18.8 Å². The number of halogens is 2. The Hall–Kier alpha value is -2.37. The third kappa shape index (κ3) is 4.68. The fourth-order valence-electron chi connectivity index (χ4n) is 3.33. The molecule has 4 heteroatoms. The summed E-state index contributed by atoms with van der Waals surface area (Å²) < 4.78 is 8.13. The van der Waals surface area contributed by atoms with Gasteiger partial charge in [-0.05, 0) is 85.3 Å². The normalized spacial score (nSPS) is 11.3. The van der Waals surface area contributed by atoms with Crippen molar-refractivity contribution in [3.05, 3.63) is 109 Å². The summed E-state index contributed by atoms with van der Waals surface area (Å²) in [6.45, 7) is 0.529. The molecule has 0 fully saturated rings. The second-order valence-corrected chi connectivity index (χ2v) is 9.11. The van der Waals surface area contributed by atoms with E-state index in [1.165, 1.54) is 0 Å². The summed E-state index contributed by atoms with van der Waals surface area (Å²) in [7, 11) is 0. The molecule has 146 valence electrons. The van der Waals surface area contributed by atoms with Gasteiger partial charge in [0, 0.05) is 5.56 Å². The summed E-state index contributed by atoms with van der Waals surface area (Å²) in [5.41, 5.74) is 3.72. The first-order valence-electron chi connectivity index (χ1n) is 9.41. The molecule has 0 aliphatic carbocycles. The van der Waals surface area contributed by atoms with Gasteiger partial charge in [0.1, 0.15) is 12.4 Å². The molecule has 0 atom stereocenters. The van der Waals surface area contributed by atoms with E-state index in [2.05, 4.69) is 93.7 Å². The van der Waals surface area contributed by atoms with E-state index in [4.69, 9.17) is 4.74 Å². The number of nitriles is 1. The number of fused-ring (bicyclic) bond motifs is 1. The first-order chi connectivity index (χ1) is 14.7. The summed E-state index contributed by atoms with van der Waals surface area (Å²) in [5, 5.41) is 12.1. The Morgan fingerprint density at radius 3 is 2.27 bits per heavy atom. The molecule has 0 aromatic heterocycles. The van der Waals surface area contributed by atoms with Crippen molar-refractivity contribution in [3.8, 4) is 11.8 Å². The molecule has 0 spiro atoms. The van der Waals surface area contributed by atoms with Gasteiger partial charge in [0.2, 0.25) is 0 Å². The topological polar surface area (TPSA) is 33.0 Å². The molecule has 4 aromatic carbocycles. The first-order valence-corrected chi connectivity index (χ1v) is 11.6. The first kappa shape index (κ1) is 20.9. The van der Waals surface area contributed by atoms with Crippen LogP contribution in [0, 0.1) is 18.5 Å². The van der Waals surface area contributed by atoms with E-state index in [1.807, 2.05) is 48.5 Å². The van der Waals surface area contributed by atoms with Crippen LogP contribution in [0.3, 0.4) is 0 Å². The Morgan fingerprint density at radius 2 is 1.53 bits per heavy atom. The van der Waals surface area contributed by atoms with Gasteiger partial charge in [0.25, 0.3) is 0 Å². The molecule has 0 saturated heterocycles. The lowest BCUT2D eigenvalue weighted by atomic mass is 9.97. The highest BCUT2D eigenvalue weighted by atomic mass is 127. The molecule has 0 aliphatic rings. The van der Waals surface area contributed by atoms with Crippen LogP contribution >= 0.6 is 45.2 Å². The zero-order chi connectivity index (χ0) is 20.9. The zero-order valence-corrected chi connectivity index (χ0v) is 20.3. The predicted octanol–water partition coefficient (Wildman–Crippen LogP) is 7.69. The second-order valence-electron chi connectivity index (χ2n) is 6.78. The van der Waals surface area contributed by atoms with Crippen LogP contribution in [-0.2, 0) is 6.61 Å². The van der Waals surface area contributed by atoms with Crippen molar-refractivity contribution >= 4 is 67.6 Å². The Balaban J connectivity index is 1.66. The number of hydrogen-bond acceptors (Lipinski definition) is 2. The van der Waals surface area contributed by atoms with Crippen LogP contribution in [0.25, 0.3) is 22.4 Å². The molecule has 4 rings (SSSR count). The van der Waals surface area contributed by atoms with Gasteiger partial charge in [-0.2, -0.15) is 5.26 Å². The molecule has 0 amide bonds.